The van der Waals surface area contributed by atoms with Crippen LogP contribution >= 0.6 is 15.9 Å². The van der Waals surface area contributed by atoms with Crippen molar-refractivity contribution in [1.29, 1.82) is 0 Å². The highest BCUT2D eigenvalue weighted by atomic mass is 79.9. The van der Waals surface area contributed by atoms with E-state index in [4.69, 9.17) is 0 Å². The van der Waals surface area contributed by atoms with E-state index in [1.54, 1.807) is 11.1 Å². The lowest BCUT2D eigenvalue weighted by molar-refractivity contribution is 0.641. The molecule has 0 saturated carbocycles. The van der Waals surface area contributed by atoms with Crippen LogP contribution < -0.4 is 0 Å². The second kappa shape index (κ2) is 4.69. The molecule has 0 fully saturated rings. The van der Waals surface area contributed by atoms with E-state index in [-0.39, 0.29) is 0 Å². The molecule has 1 aromatic carbocycles. The van der Waals surface area contributed by atoms with Gasteiger partial charge in [0, 0.05) is 4.83 Å². The van der Waals surface area contributed by atoms with Gasteiger partial charge in [-0.1, -0.05) is 48.0 Å². The Morgan fingerprint density at radius 1 is 1.40 bits per heavy atom. The molecule has 0 amide bonds. The summed E-state index contributed by atoms with van der Waals surface area (Å²) in [6.45, 7) is 4.57. The molecule has 2 rings (SSSR count). The lowest BCUT2D eigenvalue weighted by Crippen LogP contribution is -2.06. The molecule has 1 aliphatic carbocycles. The third-order valence-electron chi connectivity index (χ3n) is 3.10. The minimum atomic E-state index is 0.591. The van der Waals surface area contributed by atoms with E-state index in [1.165, 1.54) is 31.2 Å². The second-order valence-electron chi connectivity index (χ2n) is 4.99. The molecule has 0 bridgehead atoms. The van der Waals surface area contributed by atoms with Gasteiger partial charge in [0.2, 0.25) is 0 Å². The zero-order valence-electron chi connectivity index (χ0n) is 9.59. The Kier molecular flexibility index (Phi) is 3.50. The van der Waals surface area contributed by atoms with Crippen molar-refractivity contribution in [3.63, 3.8) is 0 Å². The summed E-state index contributed by atoms with van der Waals surface area (Å²) in [5.74, 6) is 0.750. The number of aryl methyl sites for hydroxylation is 1. The molecule has 0 aromatic heterocycles. The van der Waals surface area contributed by atoms with Gasteiger partial charge in [-0.15, -0.1) is 0 Å². The SMILES string of the molecule is CC(C)Cc1ccc2c(c1)C(Br)CCC2. The number of hydrogen-bond donors (Lipinski definition) is 0. The van der Waals surface area contributed by atoms with Crippen molar-refractivity contribution in [2.24, 2.45) is 5.92 Å². The van der Waals surface area contributed by atoms with E-state index >= 15 is 0 Å². The van der Waals surface area contributed by atoms with Crippen molar-refractivity contribution in [3.05, 3.63) is 34.9 Å². The van der Waals surface area contributed by atoms with Crippen LogP contribution in [0.3, 0.4) is 0 Å². The van der Waals surface area contributed by atoms with Crippen molar-refractivity contribution in [1.82, 2.24) is 0 Å². The Balaban J connectivity index is 2.27. The predicted molar refractivity (Wildman–Crippen MR) is 69.6 cm³/mol. The molecule has 82 valence electrons. The highest BCUT2D eigenvalue weighted by Crippen LogP contribution is 2.36. The minimum Gasteiger partial charge on any atom is -0.0839 e. The first-order valence-electron chi connectivity index (χ1n) is 5.92. The van der Waals surface area contributed by atoms with Crippen molar-refractivity contribution < 1.29 is 0 Å². The number of fused-ring (bicyclic) bond motifs is 1. The van der Waals surface area contributed by atoms with Crippen LogP contribution in [0.25, 0.3) is 0 Å². The van der Waals surface area contributed by atoms with Crippen molar-refractivity contribution >= 4 is 15.9 Å². The Bertz CT molecular complexity index is 341. The minimum absolute atomic E-state index is 0.591. The standard InChI is InChI=1S/C14H19Br/c1-10(2)8-11-6-7-12-4-3-5-14(15)13(12)9-11/h6-7,9-10,14H,3-5,8H2,1-2H3. The molecule has 1 aromatic rings. The van der Waals surface area contributed by atoms with E-state index in [0.29, 0.717) is 4.83 Å². The number of benzene rings is 1. The highest BCUT2D eigenvalue weighted by Gasteiger charge is 2.17. The first-order valence-corrected chi connectivity index (χ1v) is 6.84. The van der Waals surface area contributed by atoms with E-state index < -0.39 is 0 Å². The Morgan fingerprint density at radius 2 is 2.20 bits per heavy atom. The van der Waals surface area contributed by atoms with Gasteiger partial charge in [0.15, 0.2) is 0 Å². The van der Waals surface area contributed by atoms with Crippen LogP contribution in [0.4, 0.5) is 0 Å². The first-order chi connectivity index (χ1) is 7.16. The molecular weight excluding hydrogens is 248 g/mol. The fourth-order valence-corrected chi connectivity index (χ4v) is 3.14. The molecule has 1 heteroatoms. The molecule has 1 unspecified atom stereocenters. The number of halogens is 1. The molecule has 1 atom stereocenters. The van der Waals surface area contributed by atoms with Crippen molar-refractivity contribution in [2.75, 3.05) is 0 Å². The summed E-state index contributed by atoms with van der Waals surface area (Å²) in [6.07, 6.45) is 5.08. The largest absolute Gasteiger partial charge is 0.0839 e. The van der Waals surface area contributed by atoms with E-state index in [0.717, 1.165) is 5.92 Å². The van der Waals surface area contributed by atoms with Gasteiger partial charge in [-0.05, 0) is 48.3 Å². The zero-order valence-corrected chi connectivity index (χ0v) is 11.2. The van der Waals surface area contributed by atoms with Gasteiger partial charge in [0.25, 0.3) is 0 Å². The topological polar surface area (TPSA) is 0 Å². The maximum absolute atomic E-state index is 3.79. The second-order valence-corrected chi connectivity index (χ2v) is 6.10. The first kappa shape index (κ1) is 11.2. The molecule has 0 nitrogen and oxygen atoms in total. The van der Waals surface area contributed by atoms with Crippen molar-refractivity contribution in [2.45, 2.75) is 44.4 Å². The van der Waals surface area contributed by atoms with Gasteiger partial charge in [-0.25, -0.2) is 0 Å². The number of rotatable bonds is 2. The van der Waals surface area contributed by atoms with E-state index in [1.807, 2.05) is 0 Å². The summed E-state index contributed by atoms with van der Waals surface area (Å²) in [4.78, 5) is 0.591. The average molecular weight is 267 g/mol. The summed E-state index contributed by atoms with van der Waals surface area (Å²) in [7, 11) is 0. The Hall–Kier alpha value is -0.300. The summed E-state index contributed by atoms with van der Waals surface area (Å²) >= 11 is 3.79. The third-order valence-corrected chi connectivity index (χ3v) is 4.05. The van der Waals surface area contributed by atoms with Gasteiger partial charge in [0.1, 0.15) is 0 Å². The molecule has 15 heavy (non-hydrogen) atoms. The normalized spacial score (nSPS) is 20.4. The van der Waals surface area contributed by atoms with Crippen LogP contribution in [-0.2, 0) is 12.8 Å². The highest BCUT2D eigenvalue weighted by molar-refractivity contribution is 9.09. The van der Waals surface area contributed by atoms with Gasteiger partial charge < -0.3 is 0 Å². The van der Waals surface area contributed by atoms with Crippen LogP contribution in [0.1, 0.15) is 48.2 Å². The summed E-state index contributed by atoms with van der Waals surface area (Å²) in [5.41, 5.74) is 4.59. The molecule has 0 aliphatic heterocycles. The van der Waals surface area contributed by atoms with Gasteiger partial charge >= 0.3 is 0 Å². The van der Waals surface area contributed by atoms with Gasteiger partial charge in [-0.2, -0.15) is 0 Å². The average Bonchev–Trinajstić information content (AvgIpc) is 2.18. The smallest absolute Gasteiger partial charge is 0.0398 e. The van der Waals surface area contributed by atoms with Crippen LogP contribution in [0.5, 0.6) is 0 Å². The fraction of sp³-hybridized carbons (Fsp3) is 0.571. The monoisotopic (exact) mass is 266 g/mol. The van der Waals surface area contributed by atoms with Gasteiger partial charge in [-0.3, -0.25) is 0 Å². The summed E-state index contributed by atoms with van der Waals surface area (Å²) < 4.78 is 0. The van der Waals surface area contributed by atoms with Crippen LogP contribution in [0.2, 0.25) is 0 Å². The Labute approximate surface area is 101 Å². The lowest BCUT2D eigenvalue weighted by Gasteiger charge is -2.22. The molecule has 1 aliphatic rings. The molecule has 0 heterocycles. The number of alkyl halides is 1. The maximum atomic E-state index is 3.79. The van der Waals surface area contributed by atoms with E-state index in [9.17, 15) is 0 Å². The number of hydrogen-bond acceptors (Lipinski definition) is 0. The maximum Gasteiger partial charge on any atom is 0.0398 e. The molecule has 0 saturated heterocycles. The lowest BCUT2D eigenvalue weighted by atomic mass is 9.89. The quantitative estimate of drug-likeness (QED) is 0.684. The predicted octanol–water partition coefficient (Wildman–Crippen LogP) is 4.66. The molecule has 0 N–H and O–H groups in total. The van der Waals surface area contributed by atoms with Crippen LogP contribution in [-0.4, -0.2) is 0 Å². The zero-order chi connectivity index (χ0) is 10.8. The summed E-state index contributed by atoms with van der Waals surface area (Å²) in [5, 5.41) is 0. The molecule has 0 spiro atoms. The Morgan fingerprint density at radius 3 is 2.93 bits per heavy atom. The van der Waals surface area contributed by atoms with Crippen LogP contribution in [0, 0.1) is 5.92 Å². The van der Waals surface area contributed by atoms with Crippen LogP contribution in [0.15, 0.2) is 18.2 Å². The molecular formula is C14H19Br. The summed E-state index contributed by atoms with van der Waals surface area (Å²) in [6, 6.07) is 7.05. The third kappa shape index (κ3) is 2.63. The van der Waals surface area contributed by atoms with Crippen molar-refractivity contribution in [3.8, 4) is 0 Å². The van der Waals surface area contributed by atoms with E-state index in [2.05, 4.69) is 48.0 Å². The van der Waals surface area contributed by atoms with Gasteiger partial charge in [0.05, 0.1) is 0 Å². The molecule has 0 radical (unpaired) electrons. The fourth-order valence-electron chi connectivity index (χ4n) is 2.39.